The summed E-state index contributed by atoms with van der Waals surface area (Å²) in [5, 5.41) is 10.0. The van der Waals surface area contributed by atoms with Crippen molar-refractivity contribution in [2.75, 3.05) is 20.2 Å². The second kappa shape index (κ2) is 7.37. The molecule has 0 atom stereocenters. The summed E-state index contributed by atoms with van der Waals surface area (Å²) < 4.78 is 0. The molecule has 2 N–H and O–H groups in total. The lowest BCUT2D eigenvalue weighted by Crippen LogP contribution is -2.37. The largest absolute Gasteiger partial charge is 0.396 e. The smallest absolute Gasteiger partial charge is 0.253 e. The third kappa shape index (κ3) is 4.09. The highest BCUT2D eigenvalue weighted by Crippen LogP contribution is 2.23. The quantitative estimate of drug-likeness (QED) is 0.730. The summed E-state index contributed by atoms with van der Waals surface area (Å²) >= 11 is 0. The maximum absolute atomic E-state index is 12.6. The van der Waals surface area contributed by atoms with Crippen LogP contribution in [0.3, 0.4) is 0 Å². The van der Waals surface area contributed by atoms with Crippen LogP contribution in [0.5, 0.6) is 0 Å². The van der Waals surface area contributed by atoms with E-state index in [2.05, 4.69) is 4.98 Å². The highest BCUT2D eigenvalue weighted by molar-refractivity contribution is 5.94. The normalized spacial score (nSPS) is 11.6. The zero-order chi connectivity index (χ0) is 19.6. The Labute approximate surface area is 158 Å². The Morgan fingerprint density at radius 3 is 2.41 bits per heavy atom. The number of carbonyl (C=O) groups excluding carboxylic acids is 1. The number of hydrogen-bond acceptors (Lipinski definition) is 3. The maximum Gasteiger partial charge on any atom is 0.253 e. The minimum absolute atomic E-state index is 0.0185. The molecule has 1 aromatic heterocycles. The van der Waals surface area contributed by atoms with Crippen molar-refractivity contribution in [1.29, 1.82) is 0 Å². The van der Waals surface area contributed by atoms with E-state index in [9.17, 15) is 14.7 Å². The number of aromatic amines is 1. The van der Waals surface area contributed by atoms with Crippen LogP contribution in [0.2, 0.25) is 0 Å². The number of aliphatic hydroxyl groups is 1. The van der Waals surface area contributed by atoms with Gasteiger partial charge in [0.15, 0.2) is 5.43 Å². The Balaban J connectivity index is 1.84. The van der Waals surface area contributed by atoms with Crippen molar-refractivity contribution in [2.45, 2.75) is 13.8 Å². The van der Waals surface area contributed by atoms with Crippen LogP contribution in [0.1, 0.15) is 24.2 Å². The highest BCUT2D eigenvalue weighted by atomic mass is 16.3. The predicted octanol–water partition coefficient (Wildman–Crippen LogP) is 3.29. The van der Waals surface area contributed by atoms with Gasteiger partial charge < -0.3 is 15.0 Å². The monoisotopic (exact) mass is 364 g/mol. The van der Waals surface area contributed by atoms with E-state index in [0.717, 1.165) is 16.6 Å². The summed E-state index contributed by atoms with van der Waals surface area (Å²) in [7, 11) is 1.74. The van der Waals surface area contributed by atoms with Crippen LogP contribution in [0.25, 0.3) is 22.0 Å². The number of carbonyl (C=O) groups is 1. The van der Waals surface area contributed by atoms with Gasteiger partial charge >= 0.3 is 0 Å². The van der Waals surface area contributed by atoms with Crippen LogP contribution in [-0.2, 0) is 0 Å². The first-order valence-corrected chi connectivity index (χ1v) is 8.89. The minimum Gasteiger partial charge on any atom is -0.396 e. The Morgan fingerprint density at radius 2 is 1.74 bits per heavy atom. The van der Waals surface area contributed by atoms with E-state index in [1.807, 2.05) is 44.2 Å². The lowest BCUT2D eigenvalue weighted by molar-refractivity contribution is 0.0663. The van der Waals surface area contributed by atoms with Crippen molar-refractivity contribution >= 4 is 16.8 Å². The Bertz CT molecular complexity index is 1020. The molecule has 0 saturated heterocycles. The molecule has 2 aromatic carbocycles. The number of H-pyrrole nitrogens is 1. The summed E-state index contributed by atoms with van der Waals surface area (Å²) in [4.78, 5) is 29.3. The second-order valence-electron chi connectivity index (χ2n) is 7.66. The Morgan fingerprint density at radius 1 is 1.07 bits per heavy atom. The first-order valence-electron chi connectivity index (χ1n) is 8.89. The fraction of sp³-hybridized carbons (Fsp3) is 0.273. The molecule has 5 heteroatoms. The van der Waals surface area contributed by atoms with Crippen molar-refractivity contribution in [3.8, 4) is 11.1 Å². The van der Waals surface area contributed by atoms with Crippen LogP contribution >= 0.6 is 0 Å². The van der Waals surface area contributed by atoms with Crippen molar-refractivity contribution < 1.29 is 9.90 Å². The van der Waals surface area contributed by atoms with Crippen molar-refractivity contribution in [3.63, 3.8) is 0 Å². The first-order chi connectivity index (χ1) is 12.8. The molecule has 3 rings (SSSR count). The van der Waals surface area contributed by atoms with Crippen LogP contribution < -0.4 is 5.43 Å². The number of pyridine rings is 1. The molecule has 1 amide bonds. The number of nitrogens with zero attached hydrogens (tertiary/aromatic N) is 1. The van der Waals surface area contributed by atoms with Gasteiger partial charge in [-0.1, -0.05) is 32.0 Å². The summed E-state index contributed by atoms with van der Waals surface area (Å²) in [5.41, 5.74) is 2.89. The van der Waals surface area contributed by atoms with Crippen LogP contribution in [0.15, 0.2) is 59.5 Å². The summed E-state index contributed by atoms with van der Waals surface area (Å²) in [6.07, 6.45) is 1.64. The van der Waals surface area contributed by atoms with Gasteiger partial charge in [-0.15, -0.1) is 0 Å². The molecule has 5 nitrogen and oxygen atoms in total. The van der Waals surface area contributed by atoms with E-state index in [0.29, 0.717) is 17.5 Å². The second-order valence-corrected chi connectivity index (χ2v) is 7.66. The van der Waals surface area contributed by atoms with Crippen molar-refractivity contribution in [3.05, 3.63) is 70.5 Å². The van der Waals surface area contributed by atoms with Gasteiger partial charge in [-0.05, 0) is 35.4 Å². The van der Waals surface area contributed by atoms with Gasteiger partial charge in [0, 0.05) is 54.3 Å². The SMILES string of the molecule is CN(CC(C)(C)CO)C(=O)c1ccc(-c2ccc3[nH]ccc(=O)c3c2)cc1. The number of benzene rings is 2. The third-order valence-corrected chi connectivity index (χ3v) is 4.66. The molecule has 0 radical (unpaired) electrons. The van der Waals surface area contributed by atoms with Gasteiger partial charge in [0.2, 0.25) is 0 Å². The summed E-state index contributed by atoms with van der Waals surface area (Å²) in [5.74, 6) is -0.0852. The van der Waals surface area contributed by atoms with E-state index in [4.69, 9.17) is 0 Å². The molecule has 0 aliphatic heterocycles. The third-order valence-electron chi connectivity index (χ3n) is 4.66. The number of hydrogen-bond donors (Lipinski definition) is 2. The molecule has 0 aliphatic rings. The topological polar surface area (TPSA) is 73.4 Å². The first kappa shape index (κ1) is 18.9. The number of nitrogens with one attached hydrogen (secondary N) is 1. The van der Waals surface area contributed by atoms with Gasteiger partial charge in [0.1, 0.15) is 0 Å². The lowest BCUT2D eigenvalue weighted by atomic mass is 9.94. The molecule has 0 spiro atoms. The number of aliphatic hydroxyl groups excluding tert-OH is 1. The fourth-order valence-corrected chi connectivity index (χ4v) is 3.14. The molecular formula is C22H24N2O3. The molecule has 1 heterocycles. The van der Waals surface area contributed by atoms with Crippen LogP contribution in [0, 0.1) is 5.41 Å². The van der Waals surface area contributed by atoms with Gasteiger partial charge in [0.05, 0.1) is 0 Å². The molecule has 0 unspecified atom stereocenters. The van der Waals surface area contributed by atoms with Gasteiger partial charge in [0.25, 0.3) is 5.91 Å². The average Bonchev–Trinajstić information content (AvgIpc) is 2.67. The Hall–Kier alpha value is -2.92. The Kier molecular flexibility index (Phi) is 5.15. The average molecular weight is 364 g/mol. The van der Waals surface area contributed by atoms with E-state index in [1.165, 1.54) is 6.07 Å². The van der Waals surface area contributed by atoms with Crippen LogP contribution in [0.4, 0.5) is 0 Å². The molecule has 140 valence electrons. The van der Waals surface area contributed by atoms with Gasteiger partial charge in [-0.25, -0.2) is 0 Å². The number of aromatic nitrogens is 1. The lowest BCUT2D eigenvalue weighted by Gasteiger charge is -2.28. The van der Waals surface area contributed by atoms with Crippen LogP contribution in [-0.4, -0.2) is 41.1 Å². The number of fused-ring (bicyclic) bond motifs is 1. The molecule has 3 aromatic rings. The fourth-order valence-electron chi connectivity index (χ4n) is 3.14. The predicted molar refractivity (Wildman–Crippen MR) is 108 cm³/mol. The molecule has 27 heavy (non-hydrogen) atoms. The highest BCUT2D eigenvalue weighted by Gasteiger charge is 2.22. The van der Waals surface area contributed by atoms with E-state index in [-0.39, 0.29) is 23.4 Å². The van der Waals surface area contributed by atoms with E-state index in [1.54, 1.807) is 30.3 Å². The maximum atomic E-state index is 12.6. The minimum atomic E-state index is -0.345. The molecular weight excluding hydrogens is 340 g/mol. The van der Waals surface area contributed by atoms with Crippen molar-refractivity contribution in [1.82, 2.24) is 9.88 Å². The van der Waals surface area contributed by atoms with E-state index < -0.39 is 0 Å². The van der Waals surface area contributed by atoms with Gasteiger partial charge in [-0.2, -0.15) is 0 Å². The summed E-state index contributed by atoms with van der Waals surface area (Å²) in [6.45, 7) is 4.32. The van der Waals surface area contributed by atoms with E-state index >= 15 is 0 Å². The van der Waals surface area contributed by atoms with Crippen molar-refractivity contribution in [2.24, 2.45) is 5.41 Å². The molecule has 0 bridgehead atoms. The standard InChI is InChI=1S/C22H24N2O3/c1-22(2,14-25)13-24(3)21(27)16-6-4-15(5-7-16)17-8-9-19-18(12-17)20(26)10-11-23-19/h4-12,25H,13-14H2,1-3H3,(H,23,26). The summed E-state index contributed by atoms with van der Waals surface area (Å²) in [6, 6.07) is 14.6. The molecule has 0 saturated carbocycles. The zero-order valence-electron chi connectivity index (χ0n) is 15.8. The number of amides is 1. The molecule has 0 fully saturated rings. The number of rotatable bonds is 5. The van der Waals surface area contributed by atoms with Gasteiger partial charge in [-0.3, -0.25) is 9.59 Å². The molecule has 0 aliphatic carbocycles. The zero-order valence-corrected chi connectivity index (χ0v) is 15.8.